The molecule has 0 spiro atoms. The van der Waals surface area contributed by atoms with E-state index in [4.69, 9.17) is 9.47 Å². The highest BCUT2D eigenvalue weighted by Crippen LogP contribution is 2.51. The Labute approximate surface area is 147 Å². The van der Waals surface area contributed by atoms with Gasteiger partial charge < -0.3 is 14.4 Å². The van der Waals surface area contributed by atoms with Crippen LogP contribution in [0.5, 0.6) is 5.75 Å². The van der Waals surface area contributed by atoms with Gasteiger partial charge in [0.15, 0.2) is 0 Å². The number of Topliss-reactive ketones (excluding diaryl/α,β-unsaturated/α-hetero) is 2. The number of rotatable bonds is 5. The molecule has 1 fully saturated rings. The van der Waals surface area contributed by atoms with E-state index in [1.165, 1.54) is 12.0 Å². The number of nitrogens with zero attached hydrogens (tertiary/aromatic N) is 1. The van der Waals surface area contributed by atoms with Crippen molar-refractivity contribution in [2.24, 2.45) is 0 Å². The molecule has 1 aliphatic carbocycles. The first-order valence-electron chi connectivity index (χ1n) is 8.64. The molecule has 1 aliphatic heterocycles. The number of carbonyl (C=O) groups is 3. The lowest BCUT2D eigenvalue weighted by atomic mass is 9.63. The lowest BCUT2D eigenvalue weighted by Crippen LogP contribution is -2.62. The summed E-state index contributed by atoms with van der Waals surface area (Å²) in [5.74, 6) is -0.578. The van der Waals surface area contributed by atoms with Crippen LogP contribution in [0.4, 0.5) is 0 Å². The molecule has 0 N–H and O–H groups in total. The Bertz CT molecular complexity index is 700. The van der Waals surface area contributed by atoms with Gasteiger partial charge in [0.2, 0.25) is 5.78 Å². The zero-order chi connectivity index (χ0) is 18.2. The largest absolute Gasteiger partial charge is 0.488 e. The monoisotopic (exact) mass is 345 g/mol. The number of likely N-dealkylation sites (N-methyl/N-ethyl adjacent to an activating group) is 1. The van der Waals surface area contributed by atoms with Gasteiger partial charge in [-0.25, -0.2) is 0 Å². The van der Waals surface area contributed by atoms with Crippen LogP contribution >= 0.6 is 0 Å². The summed E-state index contributed by atoms with van der Waals surface area (Å²) in [7, 11) is 1.47. The number of hydrogen-bond acceptors (Lipinski definition) is 5. The van der Waals surface area contributed by atoms with Crippen LogP contribution < -0.4 is 4.74 Å². The van der Waals surface area contributed by atoms with Crippen LogP contribution in [0.3, 0.4) is 0 Å². The predicted octanol–water partition coefficient (Wildman–Crippen LogP) is 1.50. The molecule has 1 saturated carbocycles. The first-order chi connectivity index (χ1) is 12.0. The number of ether oxygens (including phenoxy) is 2. The second kappa shape index (κ2) is 6.59. The lowest BCUT2D eigenvalue weighted by Gasteiger charge is -2.42. The van der Waals surface area contributed by atoms with Crippen molar-refractivity contribution in [1.82, 2.24) is 4.90 Å². The molecule has 0 bridgehead atoms. The maximum Gasteiger partial charge on any atom is 0.291 e. The zero-order valence-corrected chi connectivity index (χ0v) is 14.8. The van der Waals surface area contributed by atoms with Gasteiger partial charge in [0.1, 0.15) is 23.1 Å². The molecule has 1 aromatic carbocycles. The third-order valence-corrected chi connectivity index (χ3v) is 5.35. The Morgan fingerprint density at radius 1 is 1.24 bits per heavy atom. The number of methoxy groups -OCH3 is 1. The number of fused-ring (bicyclic) bond motifs is 3. The molecule has 25 heavy (non-hydrogen) atoms. The normalized spacial score (nSPS) is 27.2. The summed E-state index contributed by atoms with van der Waals surface area (Å²) in [4.78, 5) is 40.0. The van der Waals surface area contributed by atoms with Gasteiger partial charge >= 0.3 is 0 Å². The number of para-hydroxylation sites is 1. The molecular formula is C19H23NO5. The van der Waals surface area contributed by atoms with Crippen LogP contribution in [0.1, 0.15) is 32.3 Å². The van der Waals surface area contributed by atoms with E-state index in [9.17, 15) is 14.4 Å². The van der Waals surface area contributed by atoms with Gasteiger partial charge in [-0.3, -0.25) is 14.4 Å². The third-order valence-electron chi connectivity index (χ3n) is 5.35. The van der Waals surface area contributed by atoms with E-state index in [0.29, 0.717) is 24.4 Å². The molecular weight excluding hydrogens is 322 g/mol. The summed E-state index contributed by atoms with van der Waals surface area (Å²) < 4.78 is 11.5. The number of hydrogen-bond donors (Lipinski definition) is 0. The highest BCUT2D eigenvalue weighted by atomic mass is 16.5. The van der Waals surface area contributed by atoms with Gasteiger partial charge in [-0.05, 0) is 19.9 Å². The molecule has 2 aliphatic rings. The fourth-order valence-corrected chi connectivity index (χ4v) is 4.09. The van der Waals surface area contributed by atoms with Crippen LogP contribution in [0.2, 0.25) is 0 Å². The smallest absolute Gasteiger partial charge is 0.291 e. The summed E-state index contributed by atoms with van der Waals surface area (Å²) >= 11 is 0. The van der Waals surface area contributed by atoms with Crippen molar-refractivity contribution < 1.29 is 23.9 Å². The highest BCUT2D eigenvalue weighted by molar-refractivity contribution is 6.40. The molecule has 3 rings (SSSR count). The summed E-state index contributed by atoms with van der Waals surface area (Å²) in [5, 5.41) is 0. The number of benzene rings is 1. The molecule has 0 unspecified atom stereocenters. The topological polar surface area (TPSA) is 72.9 Å². The second-order valence-corrected chi connectivity index (χ2v) is 6.45. The van der Waals surface area contributed by atoms with Crippen LogP contribution in [0.15, 0.2) is 24.3 Å². The van der Waals surface area contributed by atoms with Crippen LogP contribution in [0, 0.1) is 0 Å². The summed E-state index contributed by atoms with van der Waals surface area (Å²) in [6.45, 7) is 4.56. The Kier molecular flexibility index (Phi) is 4.64. The maximum atomic E-state index is 13.4. The van der Waals surface area contributed by atoms with Gasteiger partial charge in [0, 0.05) is 38.6 Å². The average molecular weight is 345 g/mol. The van der Waals surface area contributed by atoms with Crippen molar-refractivity contribution in [3.8, 4) is 5.75 Å². The van der Waals surface area contributed by atoms with Gasteiger partial charge in [0.25, 0.3) is 5.91 Å². The van der Waals surface area contributed by atoms with E-state index in [0.717, 1.165) is 0 Å². The van der Waals surface area contributed by atoms with Crippen molar-refractivity contribution in [2.75, 3.05) is 20.2 Å². The minimum absolute atomic E-state index is 0.0247. The van der Waals surface area contributed by atoms with Crippen molar-refractivity contribution >= 4 is 17.5 Å². The first kappa shape index (κ1) is 17.6. The fourth-order valence-electron chi connectivity index (χ4n) is 4.09. The Morgan fingerprint density at radius 3 is 2.56 bits per heavy atom. The molecule has 0 radical (unpaired) electrons. The molecule has 1 amide bonds. The molecule has 1 heterocycles. The SMILES string of the molecule is CCN(CC)C(=O)C(=O)[C@]12c3ccccc3O[C@H]1CC(=O)C[C@@H]2OC. The van der Waals surface area contributed by atoms with Crippen molar-refractivity contribution in [3.05, 3.63) is 29.8 Å². The van der Waals surface area contributed by atoms with Crippen molar-refractivity contribution in [2.45, 2.75) is 44.3 Å². The Balaban J connectivity index is 2.16. The Morgan fingerprint density at radius 2 is 1.92 bits per heavy atom. The van der Waals surface area contributed by atoms with E-state index in [2.05, 4.69) is 0 Å². The van der Waals surface area contributed by atoms with E-state index in [1.807, 2.05) is 26.0 Å². The average Bonchev–Trinajstić information content (AvgIpc) is 2.95. The fraction of sp³-hybridized carbons (Fsp3) is 0.526. The molecule has 0 saturated heterocycles. The highest BCUT2D eigenvalue weighted by Gasteiger charge is 2.64. The van der Waals surface area contributed by atoms with Crippen LogP contribution in [-0.2, 0) is 24.5 Å². The molecule has 6 heteroatoms. The summed E-state index contributed by atoms with van der Waals surface area (Å²) in [5.41, 5.74) is -0.622. The lowest BCUT2D eigenvalue weighted by molar-refractivity contribution is -0.157. The van der Waals surface area contributed by atoms with Crippen molar-refractivity contribution in [3.63, 3.8) is 0 Å². The van der Waals surface area contributed by atoms with Gasteiger partial charge in [-0.15, -0.1) is 0 Å². The summed E-state index contributed by atoms with van der Waals surface area (Å²) in [6.07, 6.45) is -1.22. The molecule has 134 valence electrons. The zero-order valence-electron chi connectivity index (χ0n) is 14.8. The van der Waals surface area contributed by atoms with E-state index in [-0.39, 0.29) is 18.6 Å². The minimum Gasteiger partial charge on any atom is -0.488 e. The summed E-state index contributed by atoms with van der Waals surface area (Å²) in [6, 6.07) is 7.18. The number of carbonyl (C=O) groups excluding carboxylic acids is 3. The molecule has 6 nitrogen and oxygen atoms in total. The quantitative estimate of drug-likeness (QED) is 0.756. The van der Waals surface area contributed by atoms with Gasteiger partial charge in [-0.1, -0.05) is 18.2 Å². The molecule has 0 aromatic heterocycles. The number of amides is 1. The Hall–Kier alpha value is -2.21. The number of ketones is 2. The third kappa shape index (κ3) is 2.47. The molecule has 1 aromatic rings. The predicted molar refractivity (Wildman–Crippen MR) is 90.5 cm³/mol. The molecule has 3 atom stereocenters. The standard InChI is InChI=1S/C19H23NO5/c1-4-20(5-2)18(23)17(22)19-13-8-6-7-9-14(13)25-16(19)11-12(21)10-15(19)24-3/h6-9,15-16H,4-5,10-11H2,1-3H3/t15-,16-,19-/m0/s1. The van der Waals surface area contributed by atoms with Crippen LogP contribution in [0.25, 0.3) is 0 Å². The van der Waals surface area contributed by atoms with Gasteiger partial charge in [-0.2, -0.15) is 0 Å². The minimum atomic E-state index is -1.26. The van der Waals surface area contributed by atoms with Gasteiger partial charge in [0.05, 0.1) is 6.10 Å². The second-order valence-electron chi connectivity index (χ2n) is 6.45. The van der Waals surface area contributed by atoms with Crippen molar-refractivity contribution in [1.29, 1.82) is 0 Å². The maximum absolute atomic E-state index is 13.4. The van der Waals surface area contributed by atoms with Crippen LogP contribution in [-0.4, -0.2) is 54.8 Å². The van der Waals surface area contributed by atoms with E-state index in [1.54, 1.807) is 12.1 Å². The van der Waals surface area contributed by atoms with E-state index >= 15 is 0 Å². The van der Waals surface area contributed by atoms with E-state index < -0.39 is 29.3 Å². The first-order valence-corrected chi connectivity index (χ1v) is 8.64.